The molecule has 1 fully saturated rings. The van der Waals surface area contributed by atoms with Crippen LogP contribution in [0.25, 0.3) is 0 Å². The Bertz CT molecular complexity index is 1300. The van der Waals surface area contributed by atoms with Crippen LogP contribution in [0.2, 0.25) is 0 Å². The molecule has 2 aliphatic heterocycles. The number of rotatable bonds is 7. The standard InChI is InChI=1S/C29H27N3O3S/c1-34-27-14-23(12-13-26(27)35-18-22-10-6-3-7-11-22)24-15-28(33)32-19-31(17-21-8-4-2-5-9-21)20-36-29(32)25(24)16-30/h2-14,24H,15,17-20H2,1H3/t24-/m0/s1. The molecule has 3 aromatic carbocycles. The van der Waals surface area contributed by atoms with E-state index >= 15 is 0 Å². The van der Waals surface area contributed by atoms with Gasteiger partial charge in [-0.2, -0.15) is 5.26 Å². The van der Waals surface area contributed by atoms with E-state index in [1.807, 2.05) is 66.7 Å². The maximum atomic E-state index is 13.2. The van der Waals surface area contributed by atoms with E-state index in [4.69, 9.17) is 9.47 Å². The van der Waals surface area contributed by atoms with E-state index in [9.17, 15) is 10.1 Å². The van der Waals surface area contributed by atoms with E-state index in [0.717, 1.165) is 28.6 Å². The molecule has 1 amide bonds. The lowest BCUT2D eigenvalue weighted by Gasteiger charge is -2.41. The molecular weight excluding hydrogens is 470 g/mol. The minimum absolute atomic E-state index is 0.0302. The van der Waals surface area contributed by atoms with Crippen LogP contribution >= 0.6 is 11.8 Å². The molecule has 0 saturated carbocycles. The van der Waals surface area contributed by atoms with Crippen molar-refractivity contribution in [3.8, 4) is 17.6 Å². The molecule has 0 spiro atoms. The van der Waals surface area contributed by atoms with Crippen molar-refractivity contribution < 1.29 is 14.3 Å². The number of fused-ring (bicyclic) bond motifs is 1. The fourth-order valence-corrected chi connectivity index (χ4v) is 5.73. The minimum atomic E-state index is -0.306. The highest BCUT2D eigenvalue weighted by Gasteiger charge is 2.38. The van der Waals surface area contributed by atoms with Gasteiger partial charge in [0.1, 0.15) is 6.61 Å². The van der Waals surface area contributed by atoms with E-state index in [0.29, 0.717) is 30.3 Å². The molecule has 2 aliphatic rings. The number of amides is 1. The van der Waals surface area contributed by atoms with E-state index in [-0.39, 0.29) is 18.2 Å². The Morgan fingerprint density at radius 3 is 2.42 bits per heavy atom. The van der Waals surface area contributed by atoms with Gasteiger partial charge in [-0.15, -0.1) is 0 Å². The number of carbonyl (C=O) groups is 1. The first kappa shape index (κ1) is 24.0. The Labute approximate surface area is 215 Å². The maximum Gasteiger partial charge on any atom is 0.229 e. The number of nitriles is 1. The molecule has 0 aromatic heterocycles. The number of hydrogen-bond acceptors (Lipinski definition) is 6. The molecule has 0 radical (unpaired) electrons. The van der Waals surface area contributed by atoms with Crippen LogP contribution < -0.4 is 9.47 Å². The quantitative estimate of drug-likeness (QED) is 0.430. The van der Waals surface area contributed by atoms with Gasteiger partial charge in [0.25, 0.3) is 0 Å². The van der Waals surface area contributed by atoms with Crippen molar-refractivity contribution in [2.75, 3.05) is 19.7 Å². The van der Waals surface area contributed by atoms with Crippen LogP contribution in [-0.4, -0.2) is 35.4 Å². The molecule has 0 unspecified atom stereocenters. The van der Waals surface area contributed by atoms with Crippen molar-refractivity contribution in [1.82, 2.24) is 9.80 Å². The van der Waals surface area contributed by atoms with Gasteiger partial charge >= 0.3 is 0 Å². The topological polar surface area (TPSA) is 65.8 Å². The summed E-state index contributed by atoms with van der Waals surface area (Å²) in [5.74, 6) is 1.66. The third-order valence-electron chi connectivity index (χ3n) is 6.43. The van der Waals surface area contributed by atoms with Crippen LogP contribution in [0.15, 0.2) is 89.5 Å². The van der Waals surface area contributed by atoms with Crippen molar-refractivity contribution in [1.29, 1.82) is 5.26 Å². The van der Waals surface area contributed by atoms with Crippen molar-refractivity contribution in [3.05, 3.63) is 106 Å². The van der Waals surface area contributed by atoms with E-state index in [1.165, 1.54) is 5.56 Å². The van der Waals surface area contributed by atoms with Crippen molar-refractivity contribution in [3.63, 3.8) is 0 Å². The predicted octanol–water partition coefficient (Wildman–Crippen LogP) is 5.49. The summed E-state index contributed by atoms with van der Waals surface area (Å²) in [5, 5.41) is 10.9. The lowest BCUT2D eigenvalue weighted by Crippen LogP contribution is -2.46. The van der Waals surface area contributed by atoms with Crippen LogP contribution in [0.1, 0.15) is 29.0 Å². The Kier molecular flexibility index (Phi) is 7.26. The summed E-state index contributed by atoms with van der Waals surface area (Å²) >= 11 is 1.56. The molecule has 0 bridgehead atoms. The summed E-state index contributed by atoms with van der Waals surface area (Å²) in [6, 6.07) is 28.3. The first-order valence-electron chi connectivity index (χ1n) is 11.8. The number of carbonyl (C=O) groups excluding carboxylic acids is 1. The molecule has 5 rings (SSSR count). The number of ether oxygens (including phenoxy) is 2. The number of benzene rings is 3. The predicted molar refractivity (Wildman–Crippen MR) is 140 cm³/mol. The van der Waals surface area contributed by atoms with Gasteiger partial charge in [-0.05, 0) is 28.8 Å². The lowest BCUT2D eigenvalue weighted by molar-refractivity contribution is -0.131. The number of allylic oxidation sites excluding steroid dienone is 1. The molecule has 7 heteroatoms. The zero-order valence-electron chi connectivity index (χ0n) is 20.1. The molecule has 1 atom stereocenters. The van der Waals surface area contributed by atoms with Crippen LogP contribution in [0.4, 0.5) is 0 Å². The summed E-state index contributed by atoms with van der Waals surface area (Å²) in [5.41, 5.74) is 3.78. The van der Waals surface area contributed by atoms with Gasteiger partial charge in [-0.3, -0.25) is 14.6 Å². The SMILES string of the molecule is COc1cc([C@@H]2CC(=O)N3CN(Cc4ccccc4)CSC3=C2C#N)ccc1OCc1ccccc1. The van der Waals surface area contributed by atoms with Gasteiger partial charge in [0, 0.05) is 18.9 Å². The second kappa shape index (κ2) is 10.9. The summed E-state index contributed by atoms with van der Waals surface area (Å²) in [7, 11) is 1.60. The van der Waals surface area contributed by atoms with Gasteiger partial charge in [0.2, 0.25) is 5.91 Å². The Morgan fingerprint density at radius 1 is 1.00 bits per heavy atom. The number of methoxy groups -OCH3 is 1. The minimum Gasteiger partial charge on any atom is -0.493 e. The summed E-state index contributed by atoms with van der Waals surface area (Å²) in [6.45, 7) is 1.68. The second-order valence-electron chi connectivity index (χ2n) is 8.82. The monoisotopic (exact) mass is 497 g/mol. The van der Waals surface area contributed by atoms with Crippen molar-refractivity contribution in [2.45, 2.75) is 25.5 Å². The van der Waals surface area contributed by atoms with E-state index in [1.54, 1.807) is 23.8 Å². The van der Waals surface area contributed by atoms with E-state index < -0.39 is 0 Å². The number of hydrogen-bond donors (Lipinski definition) is 0. The highest BCUT2D eigenvalue weighted by molar-refractivity contribution is 8.03. The maximum absolute atomic E-state index is 13.2. The lowest BCUT2D eigenvalue weighted by atomic mass is 9.86. The molecule has 1 saturated heterocycles. The van der Waals surface area contributed by atoms with Crippen LogP contribution in [-0.2, 0) is 17.9 Å². The molecule has 0 N–H and O–H groups in total. The Morgan fingerprint density at radius 2 is 1.72 bits per heavy atom. The molecule has 0 aliphatic carbocycles. The summed E-state index contributed by atoms with van der Waals surface area (Å²) in [4.78, 5) is 17.2. The van der Waals surface area contributed by atoms with Crippen LogP contribution in [0, 0.1) is 11.3 Å². The Balaban J connectivity index is 1.35. The molecule has 2 heterocycles. The zero-order valence-corrected chi connectivity index (χ0v) is 20.9. The summed E-state index contributed by atoms with van der Waals surface area (Å²) < 4.78 is 11.6. The van der Waals surface area contributed by atoms with Crippen molar-refractivity contribution in [2.24, 2.45) is 0 Å². The first-order chi connectivity index (χ1) is 17.7. The van der Waals surface area contributed by atoms with Gasteiger partial charge in [0.15, 0.2) is 11.5 Å². The second-order valence-corrected chi connectivity index (χ2v) is 9.76. The smallest absolute Gasteiger partial charge is 0.229 e. The van der Waals surface area contributed by atoms with E-state index in [2.05, 4.69) is 23.1 Å². The Hall–Kier alpha value is -3.73. The fraction of sp³-hybridized carbons (Fsp3) is 0.241. The first-order valence-corrected chi connectivity index (χ1v) is 12.8. The molecular formula is C29H27N3O3S. The van der Waals surface area contributed by atoms with Gasteiger partial charge in [0.05, 0.1) is 36.3 Å². The molecule has 3 aromatic rings. The fourth-order valence-electron chi connectivity index (χ4n) is 4.59. The normalized spacial score (nSPS) is 17.9. The van der Waals surface area contributed by atoms with Gasteiger partial charge in [-0.25, -0.2) is 0 Å². The van der Waals surface area contributed by atoms with Gasteiger partial charge < -0.3 is 9.47 Å². The summed E-state index contributed by atoms with van der Waals surface area (Å²) in [6.07, 6.45) is 0.250. The zero-order chi connectivity index (χ0) is 24.9. The van der Waals surface area contributed by atoms with Gasteiger partial charge in [-0.1, -0.05) is 78.5 Å². The number of nitrogens with zero attached hydrogens (tertiary/aromatic N) is 3. The third kappa shape index (κ3) is 5.11. The third-order valence-corrected chi connectivity index (χ3v) is 7.63. The largest absolute Gasteiger partial charge is 0.493 e. The molecule has 182 valence electrons. The highest BCUT2D eigenvalue weighted by atomic mass is 32.2. The number of thioether (sulfide) groups is 1. The highest BCUT2D eigenvalue weighted by Crippen LogP contribution is 2.44. The van der Waals surface area contributed by atoms with Crippen LogP contribution in [0.3, 0.4) is 0 Å². The molecule has 36 heavy (non-hydrogen) atoms. The van der Waals surface area contributed by atoms with Crippen molar-refractivity contribution >= 4 is 17.7 Å². The average molecular weight is 498 g/mol. The van der Waals surface area contributed by atoms with Crippen LogP contribution in [0.5, 0.6) is 11.5 Å². The molecule has 6 nitrogen and oxygen atoms in total. The average Bonchev–Trinajstić information content (AvgIpc) is 2.93.